The van der Waals surface area contributed by atoms with E-state index in [2.05, 4.69) is 17.2 Å². The van der Waals surface area contributed by atoms with Crippen LogP contribution in [0.15, 0.2) is 29.3 Å². The topological polar surface area (TPSA) is 50.7 Å². The number of Topliss-reactive ketones (excluding diaryl/α,β-unsaturated/α-hetero) is 1. The molecule has 0 spiro atoms. The molecule has 20 heavy (non-hydrogen) atoms. The average molecular weight is 315 g/mol. The number of benzene rings is 1. The molecule has 0 radical (unpaired) electrons. The van der Waals surface area contributed by atoms with Gasteiger partial charge in [-0.25, -0.2) is 0 Å². The molecule has 0 amide bonds. The highest BCUT2D eigenvalue weighted by Gasteiger charge is 2.10. The van der Waals surface area contributed by atoms with Crippen molar-refractivity contribution in [3.05, 3.63) is 29.8 Å². The molecule has 1 aliphatic rings. The van der Waals surface area contributed by atoms with Gasteiger partial charge in [0, 0.05) is 12.1 Å². The lowest BCUT2D eigenvalue weighted by atomic mass is 10.1. The van der Waals surface area contributed by atoms with Gasteiger partial charge in [0.15, 0.2) is 11.0 Å². The molecule has 1 aromatic rings. The Morgan fingerprint density at radius 1 is 1.40 bits per heavy atom. The number of halogens is 1. The maximum absolute atomic E-state index is 12.0. The van der Waals surface area contributed by atoms with Crippen molar-refractivity contribution in [2.45, 2.75) is 13.3 Å². The third-order valence-corrected chi connectivity index (χ3v) is 3.59. The van der Waals surface area contributed by atoms with Gasteiger partial charge in [-0.2, -0.15) is 0 Å². The lowest BCUT2D eigenvalue weighted by Crippen LogP contribution is -2.17. The minimum atomic E-state index is 0. The van der Waals surface area contributed by atoms with Crippen LogP contribution in [0.2, 0.25) is 0 Å². The van der Waals surface area contributed by atoms with E-state index in [0.717, 1.165) is 36.0 Å². The van der Waals surface area contributed by atoms with Gasteiger partial charge in [-0.1, -0.05) is 18.7 Å². The number of carbonyl (C=O) groups is 1. The van der Waals surface area contributed by atoms with Crippen molar-refractivity contribution in [3.63, 3.8) is 0 Å². The summed E-state index contributed by atoms with van der Waals surface area (Å²) in [4.78, 5) is 16.2. The summed E-state index contributed by atoms with van der Waals surface area (Å²) in [5, 5.41) is 4.01. The Bertz CT molecular complexity index is 463. The second-order valence-electron chi connectivity index (χ2n) is 4.20. The Morgan fingerprint density at radius 3 is 2.75 bits per heavy atom. The number of amidine groups is 1. The molecule has 0 bridgehead atoms. The van der Waals surface area contributed by atoms with Crippen molar-refractivity contribution >= 4 is 35.1 Å². The molecule has 1 heterocycles. The molecule has 1 aromatic carbocycles. The van der Waals surface area contributed by atoms with Crippen molar-refractivity contribution in [2.24, 2.45) is 4.99 Å². The molecule has 110 valence electrons. The number of rotatable bonds is 6. The van der Waals surface area contributed by atoms with Gasteiger partial charge in [0.25, 0.3) is 0 Å². The van der Waals surface area contributed by atoms with Crippen LogP contribution in [0.3, 0.4) is 0 Å². The van der Waals surface area contributed by atoms with Gasteiger partial charge in [-0.3, -0.25) is 9.79 Å². The molecular formula is C14H19ClN2O2S. The number of nitrogens with one attached hydrogen (secondary N) is 1. The molecule has 1 N–H and O–H groups in total. The van der Waals surface area contributed by atoms with Crippen LogP contribution >= 0.6 is 24.2 Å². The summed E-state index contributed by atoms with van der Waals surface area (Å²) in [5.41, 5.74) is 0.718. The van der Waals surface area contributed by atoms with Crippen LogP contribution < -0.4 is 10.1 Å². The van der Waals surface area contributed by atoms with Crippen LogP contribution in [0, 0.1) is 0 Å². The van der Waals surface area contributed by atoms with Crippen molar-refractivity contribution in [3.8, 4) is 5.75 Å². The first-order valence-corrected chi connectivity index (χ1v) is 7.45. The second-order valence-corrected chi connectivity index (χ2v) is 5.16. The summed E-state index contributed by atoms with van der Waals surface area (Å²) >= 11 is 1.46. The number of hydrogen-bond acceptors (Lipinski definition) is 5. The number of carbonyl (C=O) groups excluding carboxylic acids is 1. The zero-order valence-corrected chi connectivity index (χ0v) is 13.1. The molecule has 0 unspecified atom stereocenters. The standard InChI is InChI=1S/C14H18N2O2S.ClH/c1-2-9-18-12-5-3-11(4-6-12)13(17)10-19-14-15-7-8-16-14;/h3-6H,2,7-10H2,1H3,(H,15,16);1H. The van der Waals surface area contributed by atoms with E-state index in [0.29, 0.717) is 12.4 Å². The summed E-state index contributed by atoms with van der Waals surface area (Å²) in [7, 11) is 0. The Morgan fingerprint density at radius 2 is 2.15 bits per heavy atom. The predicted octanol–water partition coefficient (Wildman–Crippen LogP) is 2.77. The number of aliphatic imine (C=N–C) groups is 1. The minimum Gasteiger partial charge on any atom is -0.494 e. The van der Waals surface area contributed by atoms with Crippen LogP contribution in [0.5, 0.6) is 5.75 Å². The molecule has 4 nitrogen and oxygen atoms in total. The highest BCUT2D eigenvalue weighted by Crippen LogP contribution is 2.15. The van der Waals surface area contributed by atoms with Gasteiger partial charge >= 0.3 is 0 Å². The van der Waals surface area contributed by atoms with E-state index in [4.69, 9.17) is 4.74 Å². The molecule has 1 aliphatic heterocycles. The average Bonchev–Trinajstić information content (AvgIpc) is 2.96. The van der Waals surface area contributed by atoms with Gasteiger partial charge in [0.1, 0.15) is 5.75 Å². The Kier molecular flexibility index (Phi) is 7.47. The molecule has 0 aliphatic carbocycles. The fourth-order valence-corrected chi connectivity index (χ4v) is 2.47. The second kappa shape index (κ2) is 8.87. The lowest BCUT2D eigenvalue weighted by Gasteiger charge is -2.05. The number of ketones is 1. The quantitative estimate of drug-likeness (QED) is 0.820. The fraction of sp³-hybridized carbons (Fsp3) is 0.429. The first kappa shape index (κ1) is 16.9. The maximum Gasteiger partial charge on any atom is 0.173 e. The SMILES string of the molecule is CCCOc1ccc(C(=O)CSC2=NCCN2)cc1.Cl. The largest absolute Gasteiger partial charge is 0.494 e. The van der Waals surface area contributed by atoms with Crippen LogP contribution in [-0.4, -0.2) is 36.4 Å². The van der Waals surface area contributed by atoms with E-state index in [9.17, 15) is 4.79 Å². The van der Waals surface area contributed by atoms with Crippen LogP contribution in [0.1, 0.15) is 23.7 Å². The van der Waals surface area contributed by atoms with Crippen LogP contribution in [0.25, 0.3) is 0 Å². The predicted molar refractivity (Wildman–Crippen MR) is 86.6 cm³/mol. The highest BCUT2D eigenvalue weighted by molar-refractivity contribution is 8.14. The summed E-state index contributed by atoms with van der Waals surface area (Å²) in [6, 6.07) is 7.33. The van der Waals surface area contributed by atoms with Crippen LogP contribution in [0.4, 0.5) is 0 Å². The van der Waals surface area contributed by atoms with Gasteiger partial charge in [0.05, 0.1) is 18.9 Å². The Balaban J connectivity index is 0.00000200. The van der Waals surface area contributed by atoms with Crippen molar-refractivity contribution in [2.75, 3.05) is 25.4 Å². The minimum absolute atomic E-state index is 0. The molecule has 6 heteroatoms. The molecule has 0 saturated heterocycles. The van der Waals surface area contributed by atoms with E-state index in [1.54, 1.807) is 0 Å². The van der Waals surface area contributed by atoms with E-state index in [1.807, 2.05) is 24.3 Å². The molecule has 0 fully saturated rings. The van der Waals surface area contributed by atoms with E-state index < -0.39 is 0 Å². The summed E-state index contributed by atoms with van der Waals surface area (Å²) in [6.07, 6.45) is 0.979. The Labute approximate surface area is 129 Å². The highest BCUT2D eigenvalue weighted by atomic mass is 35.5. The van der Waals surface area contributed by atoms with E-state index in [1.165, 1.54) is 11.8 Å². The van der Waals surface area contributed by atoms with Crippen LogP contribution in [-0.2, 0) is 0 Å². The normalized spacial score (nSPS) is 13.2. The molecule has 0 atom stereocenters. The first-order chi connectivity index (χ1) is 9.29. The molecule has 0 saturated carbocycles. The maximum atomic E-state index is 12.0. The van der Waals surface area contributed by atoms with Gasteiger partial charge < -0.3 is 10.1 Å². The van der Waals surface area contributed by atoms with Gasteiger partial charge in [-0.05, 0) is 30.7 Å². The van der Waals surface area contributed by atoms with Crippen molar-refractivity contribution in [1.29, 1.82) is 0 Å². The lowest BCUT2D eigenvalue weighted by molar-refractivity contribution is 0.102. The number of nitrogens with zero attached hydrogens (tertiary/aromatic N) is 1. The summed E-state index contributed by atoms with van der Waals surface area (Å²) in [5.74, 6) is 1.34. The summed E-state index contributed by atoms with van der Waals surface area (Å²) in [6.45, 7) is 4.45. The zero-order valence-electron chi connectivity index (χ0n) is 11.4. The molecule has 0 aromatic heterocycles. The van der Waals surface area contributed by atoms with E-state index >= 15 is 0 Å². The molecular weight excluding hydrogens is 296 g/mol. The molecule has 2 rings (SSSR count). The van der Waals surface area contributed by atoms with Gasteiger partial charge in [-0.15, -0.1) is 12.4 Å². The first-order valence-electron chi connectivity index (χ1n) is 6.47. The van der Waals surface area contributed by atoms with E-state index in [-0.39, 0.29) is 18.2 Å². The number of hydrogen-bond donors (Lipinski definition) is 1. The number of thioether (sulfide) groups is 1. The monoisotopic (exact) mass is 314 g/mol. The fourth-order valence-electron chi connectivity index (χ4n) is 1.65. The zero-order chi connectivity index (χ0) is 13.5. The smallest absolute Gasteiger partial charge is 0.173 e. The van der Waals surface area contributed by atoms with Gasteiger partial charge in [0.2, 0.25) is 0 Å². The number of ether oxygens (including phenoxy) is 1. The Hall–Kier alpha value is -1.20. The summed E-state index contributed by atoms with van der Waals surface area (Å²) < 4.78 is 5.49. The van der Waals surface area contributed by atoms with Crippen molar-refractivity contribution < 1.29 is 9.53 Å². The van der Waals surface area contributed by atoms with Crippen molar-refractivity contribution in [1.82, 2.24) is 5.32 Å². The third-order valence-electron chi connectivity index (χ3n) is 2.63. The third kappa shape index (κ3) is 5.06.